The molecule has 0 unspecified atom stereocenters. The van der Waals surface area contributed by atoms with Crippen LogP contribution >= 0.6 is 0 Å². The van der Waals surface area contributed by atoms with Crippen molar-refractivity contribution in [2.24, 2.45) is 0 Å². The van der Waals surface area contributed by atoms with E-state index in [-0.39, 0.29) is 5.41 Å². The molecule has 20 heavy (non-hydrogen) atoms. The highest BCUT2D eigenvalue weighted by molar-refractivity contribution is 5.66. The van der Waals surface area contributed by atoms with Crippen LogP contribution in [0.15, 0.2) is 54.7 Å². The number of pyridine rings is 1. The first-order valence-corrected chi connectivity index (χ1v) is 7.14. The molecule has 1 nitrogen and oxygen atoms in total. The van der Waals surface area contributed by atoms with Gasteiger partial charge in [0.05, 0.1) is 0 Å². The molecule has 1 heteroatoms. The Kier molecular flexibility index (Phi) is 2.93. The maximum absolute atomic E-state index is 2.25. The summed E-state index contributed by atoms with van der Waals surface area (Å²) in [5, 5.41) is 0. The highest BCUT2D eigenvalue weighted by Gasteiger charge is 2.13. The van der Waals surface area contributed by atoms with Crippen molar-refractivity contribution in [1.82, 2.24) is 4.40 Å². The molecule has 1 aromatic carbocycles. The Morgan fingerprint density at radius 3 is 2.00 bits per heavy atom. The maximum atomic E-state index is 2.25. The number of rotatable bonds is 1. The number of hydrogen-bond donors (Lipinski definition) is 0. The van der Waals surface area contributed by atoms with Gasteiger partial charge in [0.1, 0.15) is 0 Å². The fourth-order valence-electron chi connectivity index (χ4n) is 2.57. The van der Waals surface area contributed by atoms with Gasteiger partial charge in [-0.25, -0.2) is 0 Å². The van der Waals surface area contributed by atoms with E-state index in [2.05, 4.69) is 86.8 Å². The third kappa shape index (κ3) is 2.24. The summed E-state index contributed by atoms with van der Waals surface area (Å²) in [6.45, 7) is 8.88. The van der Waals surface area contributed by atoms with E-state index in [0.717, 1.165) is 0 Å². The minimum Gasteiger partial charge on any atom is -0.321 e. The zero-order chi connectivity index (χ0) is 14.3. The van der Waals surface area contributed by atoms with E-state index in [1.807, 2.05) is 0 Å². The number of aromatic nitrogens is 1. The molecule has 0 saturated carbocycles. The van der Waals surface area contributed by atoms with Gasteiger partial charge in [-0.1, -0.05) is 51.1 Å². The summed E-state index contributed by atoms with van der Waals surface area (Å²) in [6, 6.07) is 17.6. The Morgan fingerprint density at radius 2 is 1.35 bits per heavy atom. The van der Waals surface area contributed by atoms with Gasteiger partial charge in [-0.3, -0.25) is 0 Å². The first-order valence-electron chi connectivity index (χ1n) is 7.14. The Balaban J connectivity index is 2.04. The lowest BCUT2D eigenvalue weighted by Crippen LogP contribution is -2.10. The number of benzene rings is 1. The Labute approximate surface area is 120 Å². The van der Waals surface area contributed by atoms with Crippen LogP contribution in [0, 0.1) is 6.92 Å². The van der Waals surface area contributed by atoms with Crippen LogP contribution in [-0.2, 0) is 5.41 Å². The molecule has 0 radical (unpaired) electrons. The van der Waals surface area contributed by atoms with Crippen molar-refractivity contribution in [2.45, 2.75) is 33.1 Å². The number of aryl methyl sites for hydroxylation is 1. The van der Waals surface area contributed by atoms with E-state index in [4.69, 9.17) is 0 Å². The molecule has 0 saturated heterocycles. The van der Waals surface area contributed by atoms with Gasteiger partial charge < -0.3 is 4.40 Å². The average molecular weight is 263 g/mol. The summed E-state index contributed by atoms with van der Waals surface area (Å²) < 4.78 is 2.24. The van der Waals surface area contributed by atoms with E-state index in [9.17, 15) is 0 Å². The van der Waals surface area contributed by atoms with Gasteiger partial charge >= 0.3 is 0 Å². The summed E-state index contributed by atoms with van der Waals surface area (Å²) in [4.78, 5) is 0. The summed E-state index contributed by atoms with van der Waals surface area (Å²) >= 11 is 0. The molecule has 0 spiro atoms. The molecule has 0 aliphatic heterocycles. The van der Waals surface area contributed by atoms with Gasteiger partial charge in [0, 0.05) is 17.4 Å². The van der Waals surface area contributed by atoms with Gasteiger partial charge in [0.2, 0.25) is 0 Å². The van der Waals surface area contributed by atoms with E-state index >= 15 is 0 Å². The van der Waals surface area contributed by atoms with Crippen LogP contribution in [0.5, 0.6) is 0 Å². The molecule has 2 heterocycles. The third-order valence-corrected chi connectivity index (χ3v) is 3.94. The van der Waals surface area contributed by atoms with Crippen molar-refractivity contribution in [3.63, 3.8) is 0 Å². The van der Waals surface area contributed by atoms with Crippen LogP contribution in [0.2, 0.25) is 0 Å². The fraction of sp³-hybridized carbons (Fsp3) is 0.263. The van der Waals surface area contributed by atoms with E-state index in [0.29, 0.717) is 0 Å². The summed E-state index contributed by atoms with van der Waals surface area (Å²) in [7, 11) is 0. The normalized spacial score (nSPS) is 12.0. The maximum Gasteiger partial charge on any atom is 0.0453 e. The number of nitrogens with zero attached hydrogens (tertiary/aromatic N) is 1. The molecule has 0 fully saturated rings. The molecular weight excluding hydrogens is 242 g/mol. The molecule has 102 valence electrons. The second kappa shape index (κ2) is 4.52. The van der Waals surface area contributed by atoms with Crippen molar-refractivity contribution in [3.05, 3.63) is 66.0 Å². The first-order chi connectivity index (χ1) is 9.45. The Bertz CT molecular complexity index is 740. The van der Waals surface area contributed by atoms with Crippen molar-refractivity contribution < 1.29 is 0 Å². The van der Waals surface area contributed by atoms with Gasteiger partial charge in [-0.15, -0.1) is 0 Å². The van der Waals surface area contributed by atoms with Crippen LogP contribution in [-0.4, -0.2) is 4.40 Å². The third-order valence-electron chi connectivity index (χ3n) is 3.94. The quantitative estimate of drug-likeness (QED) is 0.567. The van der Waals surface area contributed by atoms with Crippen LogP contribution in [0.3, 0.4) is 0 Å². The monoisotopic (exact) mass is 263 g/mol. The molecule has 0 aliphatic rings. The second-order valence-electron chi connectivity index (χ2n) is 6.51. The van der Waals surface area contributed by atoms with Gasteiger partial charge in [-0.2, -0.15) is 0 Å². The SMILES string of the molecule is Cc1ccc2ccc(-c3ccc(C(C)(C)C)cc3)cn12. The summed E-state index contributed by atoms with van der Waals surface area (Å²) in [5.74, 6) is 0. The summed E-state index contributed by atoms with van der Waals surface area (Å²) in [5.41, 5.74) is 6.63. The topological polar surface area (TPSA) is 4.41 Å². The highest BCUT2D eigenvalue weighted by atomic mass is 14.9. The van der Waals surface area contributed by atoms with Crippen LogP contribution in [0.25, 0.3) is 16.6 Å². The van der Waals surface area contributed by atoms with Gasteiger partial charge in [0.15, 0.2) is 0 Å². The van der Waals surface area contributed by atoms with Crippen molar-refractivity contribution in [2.75, 3.05) is 0 Å². The molecule has 0 bridgehead atoms. The molecular formula is C19H21N. The Morgan fingerprint density at radius 1 is 0.750 bits per heavy atom. The first kappa shape index (κ1) is 13.0. The number of hydrogen-bond acceptors (Lipinski definition) is 0. The standard InChI is InChI=1S/C19H21N/c1-14-5-11-18-12-8-16(13-20(14)18)15-6-9-17(10-7-15)19(2,3)4/h5-13H,1-4H3. The fourth-order valence-corrected chi connectivity index (χ4v) is 2.57. The lowest BCUT2D eigenvalue weighted by atomic mass is 9.86. The van der Waals surface area contributed by atoms with Crippen molar-refractivity contribution >= 4 is 5.52 Å². The van der Waals surface area contributed by atoms with Crippen LogP contribution in [0.4, 0.5) is 0 Å². The molecule has 0 amide bonds. The minimum atomic E-state index is 0.208. The van der Waals surface area contributed by atoms with Crippen LogP contribution in [0.1, 0.15) is 32.0 Å². The molecule has 0 N–H and O–H groups in total. The number of fused-ring (bicyclic) bond motifs is 1. The summed E-state index contributed by atoms with van der Waals surface area (Å²) in [6.07, 6.45) is 2.22. The smallest absolute Gasteiger partial charge is 0.0453 e. The molecule has 3 aromatic rings. The second-order valence-corrected chi connectivity index (χ2v) is 6.51. The molecule has 3 rings (SSSR count). The lowest BCUT2D eigenvalue weighted by molar-refractivity contribution is 0.590. The van der Waals surface area contributed by atoms with Gasteiger partial charge in [0.25, 0.3) is 0 Å². The zero-order valence-electron chi connectivity index (χ0n) is 12.6. The average Bonchev–Trinajstić information content (AvgIpc) is 2.79. The van der Waals surface area contributed by atoms with E-state index < -0.39 is 0 Å². The lowest BCUT2D eigenvalue weighted by Gasteiger charge is -2.19. The van der Waals surface area contributed by atoms with E-state index in [1.165, 1.54) is 27.9 Å². The predicted molar refractivity (Wildman–Crippen MR) is 86.3 cm³/mol. The van der Waals surface area contributed by atoms with Gasteiger partial charge in [-0.05, 0) is 47.2 Å². The van der Waals surface area contributed by atoms with E-state index in [1.54, 1.807) is 0 Å². The largest absolute Gasteiger partial charge is 0.321 e. The van der Waals surface area contributed by atoms with Crippen molar-refractivity contribution in [1.29, 1.82) is 0 Å². The van der Waals surface area contributed by atoms with Crippen LogP contribution < -0.4 is 0 Å². The molecule has 0 aliphatic carbocycles. The predicted octanol–water partition coefficient (Wildman–Crippen LogP) is 5.21. The molecule has 2 aromatic heterocycles. The highest BCUT2D eigenvalue weighted by Crippen LogP contribution is 2.26. The minimum absolute atomic E-state index is 0.208. The van der Waals surface area contributed by atoms with Crippen molar-refractivity contribution in [3.8, 4) is 11.1 Å². The molecule has 0 atom stereocenters. The Hall–Kier alpha value is -2.02. The zero-order valence-corrected chi connectivity index (χ0v) is 12.6.